The number of nitrogens with zero attached hydrogens (tertiary/aromatic N) is 1. The number of carbonyl (C=O) groups excluding carboxylic acids is 1. The predicted molar refractivity (Wildman–Crippen MR) is 70.4 cm³/mol. The fourth-order valence-electron chi connectivity index (χ4n) is 1.56. The van der Waals surface area contributed by atoms with Gasteiger partial charge in [0.2, 0.25) is 5.91 Å². The van der Waals surface area contributed by atoms with E-state index < -0.39 is 30.3 Å². The van der Waals surface area contributed by atoms with Crippen molar-refractivity contribution in [1.82, 2.24) is 5.32 Å². The highest BCUT2D eigenvalue weighted by atomic mass is 16.1. The number of rotatable bonds is 4. The molecule has 0 bridgehead atoms. The van der Waals surface area contributed by atoms with Crippen LogP contribution in [0.15, 0.2) is 30.3 Å². The van der Waals surface area contributed by atoms with Crippen LogP contribution in [0.1, 0.15) is 36.4 Å². The zero-order chi connectivity index (χ0) is 16.3. The highest BCUT2D eigenvalue weighted by Gasteiger charge is 2.29. The summed E-state index contributed by atoms with van der Waals surface area (Å²) in [6.45, 7) is 0.577. The molecule has 0 aliphatic rings. The molecule has 0 fully saturated rings. The molecule has 1 amide bonds. The maximum atomic E-state index is 11.6. The molecule has 96 valence electrons. The van der Waals surface area contributed by atoms with Crippen molar-refractivity contribution >= 4 is 5.91 Å². The average molecular weight is 248 g/mol. The summed E-state index contributed by atoms with van der Waals surface area (Å²) in [4.78, 5) is 11.6. The Labute approximate surface area is 112 Å². The third-order valence-corrected chi connectivity index (χ3v) is 2.60. The van der Waals surface area contributed by atoms with E-state index in [2.05, 4.69) is 5.32 Å². The normalized spacial score (nSPS) is 17.7. The number of amides is 1. The van der Waals surface area contributed by atoms with Crippen molar-refractivity contribution in [1.29, 1.82) is 5.26 Å². The molecular formula is C14H19N3O. The Morgan fingerprint density at radius 1 is 1.50 bits per heavy atom. The fraction of sp³-hybridized carbons (Fsp3) is 0.429. The van der Waals surface area contributed by atoms with E-state index >= 15 is 0 Å². The van der Waals surface area contributed by atoms with Crippen molar-refractivity contribution in [2.45, 2.75) is 32.8 Å². The smallest absolute Gasteiger partial charge is 0.239 e. The van der Waals surface area contributed by atoms with Crippen molar-refractivity contribution in [3.8, 4) is 6.07 Å². The first-order valence-electron chi connectivity index (χ1n) is 7.11. The van der Waals surface area contributed by atoms with E-state index in [0.717, 1.165) is 0 Å². The quantitative estimate of drug-likeness (QED) is 0.851. The van der Waals surface area contributed by atoms with Crippen molar-refractivity contribution in [2.75, 3.05) is 0 Å². The number of nitrogens with one attached hydrogen (secondary N) is 1. The second-order valence-electron chi connectivity index (χ2n) is 4.70. The molecule has 0 saturated heterocycles. The van der Waals surface area contributed by atoms with Crippen LogP contribution in [0.5, 0.6) is 0 Å². The minimum absolute atomic E-state index is 0.589. The van der Waals surface area contributed by atoms with Crippen molar-refractivity contribution in [3.05, 3.63) is 35.9 Å². The first kappa shape index (κ1) is 10.1. The van der Waals surface area contributed by atoms with E-state index in [4.69, 9.17) is 9.85 Å². The standard InChI is InChI=1S/C14H19N3O/c1-14(2,3)11(9-15)17-12(13(16)18)10-7-5-4-6-8-10/h4-8,11-12,17H,1-3H3,(H2,16,18)/t11-,12?/m1/s1/i1D3. The van der Waals surface area contributed by atoms with E-state index in [1.165, 1.54) is 13.8 Å². The Morgan fingerprint density at radius 3 is 2.56 bits per heavy atom. The lowest BCUT2D eigenvalue weighted by Gasteiger charge is -2.29. The van der Waals surface area contributed by atoms with Crippen LogP contribution in [0.25, 0.3) is 0 Å². The molecule has 1 aromatic carbocycles. The van der Waals surface area contributed by atoms with Crippen molar-refractivity contribution in [3.63, 3.8) is 0 Å². The van der Waals surface area contributed by atoms with Gasteiger partial charge in [0.25, 0.3) is 0 Å². The molecule has 3 N–H and O–H groups in total. The predicted octanol–water partition coefficient (Wildman–Crippen LogP) is 1.74. The van der Waals surface area contributed by atoms with Crippen LogP contribution in [-0.2, 0) is 4.79 Å². The van der Waals surface area contributed by atoms with Gasteiger partial charge in [0, 0.05) is 4.11 Å². The molecule has 4 nitrogen and oxygen atoms in total. The number of benzene rings is 1. The molecule has 18 heavy (non-hydrogen) atoms. The molecule has 0 saturated carbocycles. The Morgan fingerprint density at radius 2 is 2.11 bits per heavy atom. The fourth-order valence-corrected chi connectivity index (χ4v) is 1.56. The minimum atomic E-state index is -2.35. The molecule has 1 rings (SSSR count). The van der Waals surface area contributed by atoms with E-state index in [1.807, 2.05) is 6.07 Å². The summed E-state index contributed by atoms with van der Waals surface area (Å²) >= 11 is 0. The first-order chi connectivity index (χ1) is 9.61. The topological polar surface area (TPSA) is 78.9 Å². The third kappa shape index (κ3) is 3.57. The van der Waals surface area contributed by atoms with Gasteiger partial charge in [-0.3, -0.25) is 10.1 Å². The van der Waals surface area contributed by atoms with Crippen molar-refractivity contribution < 1.29 is 8.91 Å². The average Bonchev–Trinajstić information content (AvgIpc) is 2.38. The second-order valence-corrected chi connectivity index (χ2v) is 4.70. The molecule has 0 radical (unpaired) electrons. The van der Waals surface area contributed by atoms with Gasteiger partial charge < -0.3 is 5.73 Å². The molecule has 2 atom stereocenters. The SMILES string of the molecule is [2H]C([2H])([2H])C(C)(C)[C@@H](C#N)NC(C(N)=O)c1ccccc1. The largest absolute Gasteiger partial charge is 0.368 e. The van der Waals surface area contributed by atoms with Crippen LogP contribution in [0.4, 0.5) is 0 Å². The molecule has 0 aliphatic carbocycles. The highest BCUT2D eigenvalue weighted by molar-refractivity contribution is 5.81. The molecule has 1 aromatic rings. The van der Waals surface area contributed by atoms with Crippen LogP contribution in [0.3, 0.4) is 0 Å². The number of carbonyl (C=O) groups is 1. The molecular weight excluding hydrogens is 226 g/mol. The van der Waals surface area contributed by atoms with Gasteiger partial charge >= 0.3 is 0 Å². The van der Waals surface area contributed by atoms with Gasteiger partial charge in [-0.2, -0.15) is 5.26 Å². The summed E-state index contributed by atoms with van der Waals surface area (Å²) < 4.78 is 22.7. The monoisotopic (exact) mass is 248 g/mol. The van der Waals surface area contributed by atoms with Gasteiger partial charge in [-0.1, -0.05) is 51.0 Å². The summed E-state index contributed by atoms with van der Waals surface area (Å²) in [7, 11) is 0. The lowest BCUT2D eigenvalue weighted by atomic mass is 9.86. The van der Waals surface area contributed by atoms with Gasteiger partial charge in [-0.15, -0.1) is 0 Å². The molecule has 4 heteroatoms. The number of primary amides is 1. The first-order valence-corrected chi connectivity index (χ1v) is 5.61. The lowest BCUT2D eigenvalue weighted by molar-refractivity contribution is -0.120. The number of hydrogen-bond acceptors (Lipinski definition) is 3. The van der Waals surface area contributed by atoms with Crippen LogP contribution < -0.4 is 11.1 Å². The maximum Gasteiger partial charge on any atom is 0.239 e. The van der Waals surface area contributed by atoms with Crippen molar-refractivity contribution in [2.24, 2.45) is 11.1 Å². The zero-order valence-corrected chi connectivity index (χ0v) is 10.5. The number of nitriles is 1. The summed E-state index contributed by atoms with van der Waals surface area (Å²) in [5, 5.41) is 12.1. The van der Waals surface area contributed by atoms with Gasteiger partial charge in [-0.25, -0.2) is 0 Å². The Kier molecular flexibility index (Phi) is 3.17. The van der Waals surface area contributed by atoms with Crippen LogP contribution in [0.2, 0.25) is 0 Å². The Bertz CT molecular complexity index is 535. The summed E-state index contributed by atoms with van der Waals surface area (Å²) in [5.41, 5.74) is 4.63. The van der Waals surface area contributed by atoms with Gasteiger partial charge in [0.05, 0.1) is 6.07 Å². The van der Waals surface area contributed by atoms with Gasteiger partial charge in [0.15, 0.2) is 0 Å². The molecule has 0 aliphatic heterocycles. The highest BCUT2D eigenvalue weighted by Crippen LogP contribution is 2.22. The van der Waals surface area contributed by atoms with Gasteiger partial charge in [0.1, 0.15) is 12.1 Å². The number of hydrogen-bond donors (Lipinski definition) is 2. The number of nitrogens with two attached hydrogens (primary N) is 1. The zero-order valence-electron chi connectivity index (χ0n) is 13.5. The van der Waals surface area contributed by atoms with Crippen LogP contribution in [0, 0.1) is 16.7 Å². The second kappa shape index (κ2) is 5.65. The maximum absolute atomic E-state index is 11.6. The molecule has 0 aromatic heterocycles. The summed E-state index contributed by atoms with van der Waals surface area (Å²) in [5.74, 6) is -0.664. The summed E-state index contributed by atoms with van der Waals surface area (Å²) in [6, 6.07) is 8.61. The van der Waals surface area contributed by atoms with E-state index in [0.29, 0.717) is 5.56 Å². The molecule has 0 spiro atoms. The third-order valence-electron chi connectivity index (χ3n) is 2.60. The van der Waals surface area contributed by atoms with E-state index in [1.54, 1.807) is 30.3 Å². The Balaban J connectivity index is 3.09. The molecule has 1 unspecified atom stereocenters. The van der Waals surface area contributed by atoms with Crippen LogP contribution >= 0.6 is 0 Å². The van der Waals surface area contributed by atoms with E-state index in [9.17, 15) is 10.1 Å². The Hall–Kier alpha value is -1.86. The van der Waals surface area contributed by atoms with E-state index in [-0.39, 0.29) is 0 Å². The van der Waals surface area contributed by atoms with Gasteiger partial charge in [-0.05, 0) is 11.0 Å². The summed E-state index contributed by atoms with van der Waals surface area (Å²) in [6.07, 6.45) is 0. The minimum Gasteiger partial charge on any atom is -0.368 e. The lowest BCUT2D eigenvalue weighted by Crippen LogP contribution is -2.45. The van der Waals surface area contributed by atoms with Crippen LogP contribution in [-0.4, -0.2) is 11.9 Å². The molecule has 0 heterocycles.